The lowest BCUT2D eigenvalue weighted by Crippen LogP contribution is -2.29. The van der Waals surface area contributed by atoms with Crippen molar-refractivity contribution in [3.05, 3.63) is 119 Å². The number of rotatable bonds is 9. The van der Waals surface area contributed by atoms with E-state index in [0.717, 1.165) is 50.0 Å². The third kappa shape index (κ3) is 5.46. The quantitative estimate of drug-likeness (QED) is 0.251. The van der Waals surface area contributed by atoms with E-state index in [9.17, 15) is 4.79 Å². The van der Waals surface area contributed by atoms with Crippen molar-refractivity contribution in [3.8, 4) is 16.9 Å². The molecule has 0 spiro atoms. The van der Waals surface area contributed by atoms with Gasteiger partial charge in [-0.05, 0) is 58.7 Å². The number of fused-ring (bicyclic) bond motifs is 1. The normalized spacial score (nSPS) is 12.7. The van der Waals surface area contributed by atoms with Gasteiger partial charge in [0.05, 0.1) is 5.69 Å². The molecule has 4 aromatic carbocycles. The Morgan fingerprint density at radius 3 is 2.40 bits per heavy atom. The van der Waals surface area contributed by atoms with Crippen LogP contribution in [0.15, 0.2) is 97.1 Å². The summed E-state index contributed by atoms with van der Waals surface area (Å²) in [6.45, 7) is 2.39. The fourth-order valence-corrected chi connectivity index (χ4v) is 4.93. The van der Waals surface area contributed by atoms with Gasteiger partial charge in [0.25, 0.3) is 0 Å². The van der Waals surface area contributed by atoms with E-state index in [0.29, 0.717) is 13.0 Å². The van der Waals surface area contributed by atoms with E-state index in [1.165, 1.54) is 33.5 Å². The molecule has 0 radical (unpaired) electrons. The number of hydrogen-bond donors (Lipinski definition) is 0. The Morgan fingerprint density at radius 2 is 1.57 bits per heavy atom. The number of anilines is 1. The van der Waals surface area contributed by atoms with Crippen LogP contribution < -0.4 is 9.64 Å². The maximum Gasteiger partial charge on any atom is 0.143 e. The molecule has 0 bridgehead atoms. The van der Waals surface area contributed by atoms with E-state index < -0.39 is 0 Å². The molecule has 0 unspecified atom stereocenters. The Balaban J connectivity index is 1.37. The zero-order valence-electron chi connectivity index (χ0n) is 20.0. The maximum absolute atomic E-state index is 10.6. The minimum atomic E-state index is 0.527. The lowest BCUT2D eigenvalue weighted by atomic mass is 9.97. The zero-order valence-corrected chi connectivity index (χ0v) is 20.0. The third-order valence-electron chi connectivity index (χ3n) is 6.70. The van der Waals surface area contributed by atoms with Gasteiger partial charge in [0, 0.05) is 19.5 Å². The van der Waals surface area contributed by atoms with Crippen LogP contribution in [0.1, 0.15) is 35.1 Å². The van der Waals surface area contributed by atoms with Crippen LogP contribution in [0.2, 0.25) is 0 Å². The molecule has 1 aliphatic heterocycles. The highest BCUT2D eigenvalue weighted by molar-refractivity contribution is 5.70. The third-order valence-corrected chi connectivity index (χ3v) is 6.70. The van der Waals surface area contributed by atoms with Crippen LogP contribution >= 0.6 is 0 Å². The summed E-state index contributed by atoms with van der Waals surface area (Å²) in [4.78, 5) is 13.1. The van der Waals surface area contributed by atoms with Crippen molar-refractivity contribution in [2.75, 3.05) is 11.4 Å². The van der Waals surface area contributed by atoms with Crippen molar-refractivity contribution in [2.24, 2.45) is 0 Å². The van der Waals surface area contributed by atoms with Gasteiger partial charge in [-0.1, -0.05) is 91.0 Å². The van der Waals surface area contributed by atoms with Crippen molar-refractivity contribution in [1.29, 1.82) is 0 Å². The summed E-state index contributed by atoms with van der Waals surface area (Å²) in [7, 11) is 0. The first-order valence-electron chi connectivity index (χ1n) is 12.5. The molecule has 35 heavy (non-hydrogen) atoms. The number of nitrogens with zero attached hydrogens (tertiary/aromatic N) is 1. The number of carbonyl (C=O) groups is 1. The molecule has 176 valence electrons. The highest BCUT2D eigenvalue weighted by Gasteiger charge is 2.22. The van der Waals surface area contributed by atoms with Gasteiger partial charge in [-0.2, -0.15) is 0 Å². The smallest absolute Gasteiger partial charge is 0.143 e. The van der Waals surface area contributed by atoms with Gasteiger partial charge >= 0.3 is 0 Å². The maximum atomic E-state index is 10.6. The second-order valence-electron chi connectivity index (χ2n) is 9.12. The van der Waals surface area contributed by atoms with Crippen LogP contribution in [0, 0.1) is 0 Å². The molecule has 5 rings (SSSR count). The first-order valence-corrected chi connectivity index (χ1v) is 12.5. The first-order chi connectivity index (χ1) is 17.3. The number of ether oxygens (including phenoxy) is 1. The summed E-state index contributed by atoms with van der Waals surface area (Å²) in [5, 5.41) is 0. The van der Waals surface area contributed by atoms with E-state index in [2.05, 4.69) is 102 Å². The Labute approximate surface area is 208 Å². The second-order valence-corrected chi connectivity index (χ2v) is 9.12. The van der Waals surface area contributed by atoms with Crippen molar-refractivity contribution < 1.29 is 9.53 Å². The van der Waals surface area contributed by atoms with E-state index in [1.807, 2.05) is 0 Å². The first kappa shape index (κ1) is 22.9. The van der Waals surface area contributed by atoms with E-state index in [-0.39, 0.29) is 0 Å². The molecule has 0 aromatic heterocycles. The molecule has 0 amide bonds. The van der Waals surface area contributed by atoms with Crippen LogP contribution in [0.5, 0.6) is 5.75 Å². The van der Waals surface area contributed by atoms with Crippen LogP contribution in [-0.2, 0) is 30.8 Å². The number of aldehydes is 1. The van der Waals surface area contributed by atoms with Crippen LogP contribution in [-0.4, -0.2) is 12.8 Å². The zero-order chi connectivity index (χ0) is 23.9. The molecule has 3 nitrogen and oxygen atoms in total. The Kier molecular flexibility index (Phi) is 7.24. The molecule has 0 fully saturated rings. The average molecular weight is 462 g/mol. The van der Waals surface area contributed by atoms with E-state index in [1.54, 1.807) is 0 Å². The lowest BCUT2D eigenvalue weighted by molar-refractivity contribution is -0.107. The predicted octanol–water partition coefficient (Wildman–Crippen LogP) is 7.02. The van der Waals surface area contributed by atoms with E-state index in [4.69, 9.17) is 4.74 Å². The van der Waals surface area contributed by atoms with E-state index >= 15 is 0 Å². The SMILES string of the molecule is O=CCCc1ccc(COc2cccc3c2N(Cc2ccccc2-c2ccccc2)CCC3)cc1. The molecular weight excluding hydrogens is 430 g/mol. The molecule has 0 aliphatic carbocycles. The number of hydrogen-bond acceptors (Lipinski definition) is 3. The Morgan fingerprint density at radius 1 is 0.800 bits per heavy atom. The highest BCUT2D eigenvalue weighted by atomic mass is 16.5. The number of carbonyl (C=O) groups excluding carboxylic acids is 1. The van der Waals surface area contributed by atoms with Gasteiger partial charge in [0.1, 0.15) is 18.6 Å². The van der Waals surface area contributed by atoms with Gasteiger partial charge < -0.3 is 14.4 Å². The van der Waals surface area contributed by atoms with Gasteiger partial charge in [0.2, 0.25) is 0 Å². The molecule has 4 aromatic rings. The fourth-order valence-electron chi connectivity index (χ4n) is 4.93. The summed E-state index contributed by atoms with van der Waals surface area (Å²) in [6.07, 6.45) is 4.55. The van der Waals surface area contributed by atoms with Crippen molar-refractivity contribution >= 4 is 12.0 Å². The fraction of sp³-hybridized carbons (Fsp3) is 0.219. The Hall–Kier alpha value is -3.85. The van der Waals surface area contributed by atoms with Crippen LogP contribution in [0.25, 0.3) is 11.1 Å². The molecule has 0 saturated heterocycles. The van der Waals surface area contributed by atoms with Crippen LogP contribution in [0.4, 0.5) is 5.69 Å². The molecule has 0 saturated carbocycles. The van der Waals surface area contributed by atoms with Gasteiger partial charge in [-0.25, -0.2) is 0 Å². The largest absolute Gasteiger partial charge is 0.487 e. The monoisotopic (exact) mass is 461 g/mol. The molecule has 0 N–H and O–H groups in total. The minimum absolute atomic E-state index is 0.527. The molecule has 0 atom stereocenters. The standard InChI is InChI=1S/C32H31NO2/c34-22-8-9-25-17-19-26(20-18-25)24-35-31-16-6-13-28-14-7-21-33(32(28)31)23-29-12-4-5-15-30(29)27-10-2-1-3-11-27/h1-6,10-13,15-20,22H,7-9,14,21,23-24H2. The molecular formula is C32H31NO2. The van der Waals surface area contributed by atoms with Crippen molar-refractivity contribution in [2.45, 2.75) is 38.8 Å². The summed E-state index contributed by atoms with van der Waals surface area (Å²) in [5.41, 5.74) is 8.76. The van der Waals surface area contributed by atoms with Gasteiger partial charge in [-0.15, -0.1) is 0 Å². The number of benzene rings is 4. The summed E-state index contributed by atoms with van der Waals surface area (Å²) in [6, 6.07) is 34.2. The minimum Gasteiger partial charge on any atom is -0.487 e. The van der Waals surface area contributed by atoms with Gasteiger partial charge in [-0.3, -0.25) is 0 Å². The van der Waals surface area contributed by atoms with Crippen molar-refractivity contribution in [1.82, 2.24) is 0 Å². The van der Waals surface area contributed by atoms with Gasteiger partial charge in [0.15, 0.2) is 0 Å². The predicted molar refractivity (Wildman–Crippen MR) is 143 cm³/mol. The molecule has 1 heterocycles. The van der Waals surface area contributed by atoms with Crippen molar-refractivity contribution in [3.63, 3.8) is 0 Å². The summed E-state index contributed by atoms with van der Waals surface area (Å²) in [5.74, 6) is 0.949. The number of aryl methyl sites for hydroxylation is 2. The average Bonchev–Trinajstić information content (AvgIpc) is 2.92. The summed E-state index contributed by atoms with van der Waals surface area (Å²) < 4.78 is 6.40. The molecule has 1 aliphatic rings. The molecule has 3 heteroatoms. The summed E-state index contributed by atoms with van der Waals surface area (Å²) >= 11 is 0. The highest BCUT2D eigenvalue weighted by Crippen LogP contribution is 2.38. The lowest BCUT2D eigenvalue weighted by Gasteiger charge is -2.33. The van der Waals surface area contributed by atoms with Crippen LogP contribution in [0.3, 0.4) is 0 Å². The second kappa shape index (κ2) is 11.1. The number of para-hydroxylation sites is 1. The Bertz CT molecular complexity index is 1260. The topological polar surface area (TPSA) is 29.5 Å².